The van der Waals surface area contributed by atoms with Crippen LogP contribution in [-0.2, 0) is 13.0 Å². The van der Waals surface area contributed by atoms with Gasteiger partial charge in [0, 0.05) is 30.6 Å². The molecule has 0 saturated carbocycles. The number of aliphatic hydroxyl groups is 1. The molecule has 122 valence electrons. The molecule has 0 bridgehead atoms. The van der Waals surface area contributed by atoms with Gasteiger partial charge < -0.3 is 5.11 Å². The van der Waals surface area contributed by atoms with Crippen LogP contribution in [0.2, 0.25) is 5.02 Å². The highest BCUT2D eigenvalue weighted by atomic mass is 35.5. The van der Waals surface area contributed by atoms with Crippen LogP contribution in [0, 0.1) is 5.41 Å². The smallest absolute Gasteiger partial charge is 0.0491 e. The van der Waals surface area contributed by atoms with Crippen molar-refractivity contribution in [3.63, 3.8) is 0 Å². The number of halogens is 1. The monoisotopic (exact) mass is 330 g/mol. The van der Waals surface area contributed by atoms with Crippen molar-refractivity contribution in [1.82, 2.24) is 9.88 Å². The van der Waals surface area contributed by atoms with E-state index in [9.17, 15) is 5.11 Å². The maximum atomic E-state index is 10.00. The van der Waals surface area contributed by atoms with Gasteiger partial charge in [0.1, 0.15) is 0 Å². The van der Waals surface area contributed by atoms with Crippen molar-refractivity contribution >= 4 is 11.6 Å². The molecule has 0 atom stereocenters. The summed E-state index contributed by atoms with van der Waals surface area (Å²) >= 11 is 6.30. The minimum absolute atomic E-state index is 0.0419. The van der Waals surface area contributed by atoms with Crippen molar-refractivity contribution in [3.05, 3.63) is 64.9 Å². The first-order valence-electron chi connectivity index (χ1n) is 8.16. The van der Waals surface area contributed by atoms with Crippen molar-refractivity contribution in [2.24, 2.45) is 5.41 Å². The van der Waals surface area contributed by atoms with E-state index in [1.54, 1.807) is 0 Å². The second-order valence-corrected chi connectivity index (χ2v) is 6.97. The Bertz CT molecular complexity index is 624. The average Bonchev–Trinajstić information content (AvgIpc) is 2.60. The zero-order valence-corrected chi connectivity index (χ0v) is 14.0. The van der Waals surface area contributed by atoms with Crippen molar-refractivity contribution in [1.29, 1.82) is 0 Å². The van der Waals surface area contributed by atoms with Crippen LogP contribution in [0.5, 0.6) is 0 Å². The molecule has 1 aliphatic heterocycles. The average molecular weight is 331 g/mol. The summed E-state index contributed by atoms with van der Waals surface area (Å²) in [5, 5.41) is 10.8. The first kappa shape index (κ1) is 16.4. The van der Waals surface area contributed by atoms with Gasteiger partial charge in [0.15, 0.2) is 0 Å². The normalized spacial score (nSPS) is 18.0. The Kier molecular flexibility index (Phi) is 5.31. The van der Waals surface area contributed by atoms with Crippen LogP contribution in [-0.4, -0.2) is 34.7 Å². The third-order valence-electron chi connectivity index (χ3n) is 4.93. The number of likely N-dealkylation sites (tertiary alicyclic amines) is 1. The predicted octanol–water partition coefficient (Wildman–Crippen LogP) is 3.55. The lowest BCUT2D eigenvalue weighted by molar-refractivity contribution is 0.0414. The Morgan fingerprint density at radius 1 is 1.09 bits per heavy atom. The second kappa shape index (κ2) is 7.43. The molecule has 1 aromatic carbocycles. The van der Waals surface area contributed by atoms with E-state index >= 15 is 0 Å². The molecule has 3 nitrogen and oxygen atoms in total. The summed E-state index contributed by atoms with van der Waals surface area (Å²) in [7, 11) is 0. The van der Waals surface area contributed by atoms with Crippen molar-refractivity contribution in [3.8, 4) is 0 Å². The molecule has 23 heavy (non-hydrogen) atoms. The lowest BCUT2D eigenvalue weighted by Gasteiger charge is -2.41. The number of piperidine rings is 1. The van der Waals surface area contributed by atoms with Crippen LogP contribution in [0.4, 0.5) is 0 Å². The fraction of sp³-hybridized carbons (Fsp3) is 0.421. The number of rotatable bonds is 5. The first-order valence-corrected chi connectivity index (χ1v) is 8.54. The molecule has 1 saturated heterocycles. The summed E-state index contributed by atoms with van der Waals surface area (Å²) < 4.78 is 0. The molecule has 2 heterocycles. The number of nitrogens with zero attached hydrogens (tertiary/aromatic N) is 2. The van der Waals surface area contributed by atoms with E-state index in [2.05, 4.69) is 28.1 Å². The van der Waals surface area contributed by atoms with Gasteiger partial charge in [0.05, 0.1) is 0 Å². The molecule has 1 aliphatic rings. The summed E-state index contributed by atoms with van der Waals surface area (Å²) in [4.78, 5) is 6.52. The van der Waals surface area contributed by atoms with Gasteiger partial charge in [-0.1, -0.05) is 29.8 Å². The minimum Gasteiger partial charge on any atom is -0.396 e. The Labute approximate surface area is 142 Å². The number of aliphatic hydroxyl groups excluding tert-OH is 1. The van der Waals surface area contributed by atoms with Gasteiger partial charge in [-0.15, -0.1) is 0 Å². The molecule has 2 aromatic rings. The summed E-state index contributed by atoms with van der Waals surface area (Å²) in [5.41, 5.74) is 2.40. The van der Waals surface area contributed by atoms with E-state index in [1.807, 2.05) is 30.6 Å². The van der Waals surface area contributed by atoms with Crippen LogP contribution in [0.25, 0.3) is 0 Å². The Hall–Kier alpha value is -1.42. The number of aromatic nitrogens is 1. The molecule has 1 fully saturated rings. The van der Waals surface area contributed by atoms with E-state index in [1.165, 1.54) is 5.56 Å². The van der Waals surface area contributed by atoms with Gasteiger partial charge in [-0.2, -0.15) is 0 Å². The maximum Gasteiger partial charge on any atom is 0.0491 e. The lowest BCUT2D eigenvalue weighted by Crippen LogP contribution is -2.42. The van der Waals surface area contributed by atoms with E-state index in [-0.39, 0.29) is 12.0 Å². The highest BCUT2D eigenvalue weighted by molar-refractivity contribution is 6.31. The van der Waals surface area contributed by atoms with Crippen LogP contribution >= 0.6 is 11.6 Å². The standard InChI is InChI=1S/C19H23ClN2O/c20-18-4-2-1-3-17(18)13-19(15-23)7-11-22(12-8-19)14-16-5-9-21-10-6-16/h1-6,9-10,23H,7-8,11-15H2. The zero-order valence-electron chi connectivity index (χ0n) is 13.3. The van der Waals surface area contributed by atoms with Gasteiger partial charge >= 0.3 is 0 Å². The first-order chi connectivity index (χ1) is 11.2. The summed E-state index contributed by atoms with van der Waals surface area (Å²) in [6, 6.07) is 12.1. The molecule has 4 heteroatoms. The van der Waals surface area contributed by atoms with Crippen molar-refractivity contribution < 1.29 is 5.11 Å². The topological polar surface area (TPSA) is 36.4 Å². The Balaban J connectivity index is 1.62. The van der Waals surface area contributed by atoms with Gasteiger partial charge in [-0.3, -0.25) is 9.88 Å². The third kappa shape index (κ3) is 4.11. The van der Waals surface area contributed by atoms with Crippen LogP contribution in [0.1, 0.15) is 24.0 Å². The molecule has 1 aromatic heterocycles. The number of benzene rings is 1. The fourth-order valence-electron chi connectivity index (χ4n) is 3.37. The Morgan fingerprint density at radius 2 is 1.78 bits per heavy atom. The molecule has 1 N–H and O–H groups in total. The summed E-state index contributed by atoms with van der Waals surface area (Å²) in [6.45, 7) is 3.19. The number of pyridine rings is 1. The second-order valence-electron chi connectivity index (χ2n) is 6.56. The van der Waals surface area contributed by atoms with E-state index < -0.39 is 0 Å². The van der Waals surface area contributed by atoms with Gasteiger partial charge in [-0.25, -0.2) is 0 Å². The molecule has 0 aliphatic carbocycles. The van der Waals surface area contributed by atoms with Gasteiger partial charge in [0.2, 0.25) is 0 Å². The molecule has 0 spiro atoms. The predicted molar refractivity (Wildman–Crippen MR) is 93.4 cm³/mol. The minimum atomic E-state index is -0.0419. The summed E-state index contributed by atoms with van der Waals surface area (Å²) in [6.07, 6.45) is 6.54. The van der Waals surface area contributed by atoms with E-state index in [4.69, 9.17) is 11.6 Å². The maximum absolute atomic E-state index is 10.00. The molecular weight excluding hydrogens is 308 g/mol. The number of hydrogen-bond acceptors (Lipinski definition) is 3. The fourth-order valence-corrected chi connectivity index (χ4v) is 3.57. The Morgan fingerprint density at radius 3 is 2.43 bits per heavy atom. The lowest BCUT2D eigenvalue weighted by atomic mass is 9.74. The molecule has 3 rings (SSSR count). The molecule has 0 unspecified atom stereocenters. The van der Waals surface area contributed by atoms with Crippen LogP contribution in [0.3, 0.4) is 0 Å². The third-order valence-corrected chi connectivity index (χ3v) is 5.30. The SMILES string of the molecule is OCC1(Cc2ccccc2Cl)CCN(Cc2ccncc2)CC1. The molecular formula is C19H23ClN2O. The van der Waals surface area contributed by atoms with Gasteiger partial charge in [0.25, 0.3) is 0 Å². The highest BCUT2D eigenvalue weighted by Crippen LogP contribution is 2.36. The number of hydrogen-bond donors (Lipinski definition) is 1. The van der Waals surface area contributed by atoms with E-state index in [0.717, 1.165) is 49.5 Å². The van der Waals surface area contributed by atoms with Crippen molar-refractivity contribution in [2.45, 2.75) is 25.8 Å². The highest BCUT2D eigenvalue weighted by Gasteiger charge is 2.34. The molecule has 0 amide bonds. The summed E-state index contributed by atoms with van der Waals surface area (Å²) in [5.74, 6) is 0. The van der Waals surface area contributed by atoms with Crippen LogP contribution < -0.4 is 0 Å². The zero-order chi connectivity index (χ0) is 16.1. The van der Waals surface area contributed by atoms with Gasteiger partial charge in [-0.05, 0) is 67.1 Å². The quantitative estimate of drug-likeness (QED) is 0.910. The molecule has 0 radical (unpaired) electrons. The van der Waals surface area contributed by atoms with E-state index in [0.29, 0.717) is 0 Å². The van der Waals surface area contributed by atoms with Crippen LogP contribution in [0.15, 0.2) is 48.8 Å². The van der Waals surface area contributed by atoms with Crippen molar-refractivity contribution in [2.75, 3.05) is 19.7 Å². The largest absolute Gasteiger partial charge is 0.396 e.